The number of rotatable bonds is 3. The van der Waals surface area contributed by atoms with Crippen LogP contribution >= 0.6 is 12.2 Å². The van der Waals surface area contributed by atoms with Gasteiger partial charge in [-0.05, 0) is 49.0 Å². The molecule has 0 radical (unpaired) electrons. The largest absolute Gasteiger partial charge is 0.351 e. The van der Waals surface area contributed by atoms with Crippen LogP contribution in [0.5, 0.6) is 0 Å². The van der Waals surface area contributed by atoms with Crippen LogP contribution < -0.4 is 16.0 Å². The highest BCUT2D eigenvalue weighted by atomic mass is 32.1. The van der Waals surface area contributed by atoms with Crippen LogP contribution in [-0.4, -0.2) is 11.0 Å². The fourth-order valence-electron chi connectivity index (χ4n) is 2.62. The molecule has 0 aliphatic carbocycles. The van der Waals surface area contributed by atoms with E-state index in [2.05, 4.69) is 16.0 Å². The number of carbonyl (C=O) groups is 1. The van der Waals surface area contributed by atoms with E-state index in [9.17, 15) is 9.18 Å². The molecule has 6 heteroatoms. The fraction of sp³-hybridized carbons (Fsp3) is 0.111. The average molecular weight is 341 g/mol. The maximum atomic E-state index is 13.2. The van der Waals surface area contributed by atoms with Crippen LogP contribution in [0.3, 0.4) is 0 Å². The molecule has 0 saturated heterocycles. The van der Waals surface area contributed by atoms with Gasteiger partial charge >= 0.3 is 0 Å². The first-order valence-corrected chi connectivity index (χ1v) is 7.85. The predicted octanol–water partition coefficient (Wildman–Crippen LogP) is 3.26. The molecule has 1 unspecified atom stereocenters. The smallest absolute Gasteiger partial charge is 0.255 e. The average Bonchev–Trinajstić information content (AvgIpc) is 2.55. The summed E-state index contributed by atoms with van der Waals surface area (Å²) in [6.45, 7) is 1.80. The van der Waals surface area contributed by atoms with Crippen molar-refractivity contribution >= 4 is 28.9 Å². The van der Waals surface area contributed by atoms with Gasteiger partial charge in [0.05, 0.1) is 11.6 Å². The Kier molecular flexibility index (Phi) is 4.57. The summed E-state index contributed by atoms with van der Waals surface area (Å²) >= 11 is 5.19. The molecular formula is C18H16FN3OS. The second kappa shape index (κ2) is 6.80. The van der Waals surface area contributed by atoms with E-state index in [-0.39, 0.29) is 11.7 Å². The van der Waals surface area contributed by atoms with Crippen LogP contribution in [0, 0.1) is 5.82 Å². The summed E-state index contributed by atoms with van der Waals surface area (Å²) in [5, 5.41) is 9.35. The van der Waals surface area contributed by atoms with Crippen molar-refractivity contribution in [3.05, 3.63) is 77.2 Å². The second-order valence-electron chi connectivity index (χ2n) is 5.44. The lowest BCUT2D eigenvalue weighted by Crippen LogP contribution is -2.45. The minimum absolute atomic E-state index is 0.240. The Bertz CT molecular complexity index is 803. The number of carbonyl (C=O) groups excluding carboxylic acids is 1. The Balaban J connectivity index is 1.94. The van der Waals surface area contributed by atoms with Gasteiger partial charge in [0, 0.05) is 11.4 Å². The van der Waals surface area contributed by atoms with Crippen LogP contribution in [0.4, 0.5) is 10.1 Å². The summed E-state index contributed by atoms with van der Waals surface area (Å²) in [6.07, 6.45) is 0. The SMILES string of the molecule is CC1=C(C(=O)Nc2ccccc2)C(c2ccc(F)cc2)NC(=S)N1. The number of hydrogen-bond donors (Lipinski definition) is 3. The molecule has 3 N–H and O–H groups in total. The molecule has 3 rings (SSSR count). The quantitative estimate of drug-likeness (QED) is 0.750. The van der Waals surface area contributed by atoms with Crippen LogP contribution in [0.15, 0.2) is 65.9 Å². The van der Waals surface area contributed by atoms with Crippen molar-refractivity contribution in [2.75, 3.05) is 5.32 Å². The van der Waals surface area contributed by atoms with E-state index in [4.69, 9.17) is 12.2 Å². The van der Waals surface area contributed by atoms with E-state index < -0.39 is 6.04 Å². The Morgan fingerprint density at radius 3 is 2.46 bits per heavy atom. The third-order valence-electron chi connectivity index (χ3n) is 3.75. The highest BCUT2D eigenvalue weighted by molar-refractivity contribution is 7.80. The molecule has 1 aliphatic heterocycles. The van der Waals surface area contributed by atoms with Crippen molar-refractivity contribution < 1.29 is 9.18 Å². The molecule has 0 aromatic heterocycles. The third kappa shape index (κ3) is 3.44. The van der Waals surface area contributed by atoms with Gasteiger partial charge in [-0.3, -0.25) is 4.79 Å². The number of benzene rings is 2. The van der Waals surface area contributed by atoms with Gasteiger partial charge in [0.1, 0.15) is 5.82 Å². The van der Waals surface area contributed by atoms with E-state index >= 15 is 0 Å². The molecule has 0 saturated carbocycles. The fourth-order valence-corrected chi connectivity index (χ4v) is 2.89. The Labute approximate surface area is 144 Å². The number of allylic oxidation sites excluding steroid dienone is 1. The molecule has 2 aromatic rings. The van der Waals surface area contributed by atoms with Gasteiger partial charge in [-0.15, -0.1) is 0 Å². The van der Waals surface area contributed by atoms with Crippen molar-refractivity contribution in [1.82, 2.24) is 10.6 Å². The molecule has 1 aliphatic rings. The first kappa shape index (κ1) is 16.1. The summed E-state index contributed by atoms with van der Waals surface area (Å²) in [6, 6.07) is 14.8. The highest BCUT2D eigenvalue weighted by Gasteiger charge is 2.29. The molecule has 1 amide bonds. The molecule has 4 nitrogen and oxygen atoms in total. The van der Waals surface area contributed by atoms with E-state index in [1.165, 1.54) is 12.1 Å². The number of hydrogen-bond acceptors (Lipinski definition) is 2. The zero-order chi connectivity index (χ0) is 17.1. The predicted molar refractivity (Wildman–Crippen MR) is 95.8 cm³/mol. The van der Waals surface area contributed by atoms with Gasteiger partial charge < -0.3 is 16.0 Å². The summed E-state index contributed by atoms with van der Waals surface area (Å²) in [7, 11) is 0. The Hall–Kier alpha value is -2.73. The number of amides is 1. The number of thiocarbonyl (C=S) groups is 1. The lowest BCUT2D eigenvalue weighted by Gasteiger charge is -2.30. The van der Waals surface area contributed by atoms with Gasteiger partial charge in [-0.1, -0.05) is 30.3 Å². The van der Waals surface area contributed by atoms with Crippen LogP contribution in [0.25, 0.3) is 0 Å². The van der Waals surface area contributed by atoms with E-state index in [1.807, 2.05) is 30.3 Å². The number of para-hydroxylation sites is 1. The van der Waals surface area contributed by atoms with Crippen molar-refractivity contribution in [2.45, 2.75) is 13.0 Å². The maximum Gasteiger partial charge on any atom is 0.255 e. The monoisotopic (exact) mass is 341 g/mol. The van der Waals surface area contributed by atoms with Gasteiger partial charge in [0.25, 0.3) is 5.91 Å². The summed E-state index contributed by atoms with van der Waals surface area (Å²) in [5.41, 5.74) is 2.65. The van der Waals surface area contributed by atoms with E-state index in [0.29, 0.717) is 22.1 Å². The third-order valence-corrected chi connectivity index (χ3v) is 3.97. The minimum atomic E-state index is -0.442. The highest BCUT2D eigenvalue weighted by Crippen LogP contribution is 2.27. The second-order valence-corrected chi connectivity index (χ2v) is 5.85. The lowest BCUT2D eigenvalue weighted by molar-refractivity contribution is -0.113. The molecule has 1 heterocycles. The molecule has 0 fully saturated rings. The first-order chi connectivity index (χ1) is 11.5. The number of nitrogens with one attached hydrogen (secondary N) is 3. The van der Waals surface area contributed by atoms with Crippen LogP contribution in [0.1, 0.15) is 18.5 Å². The normalized spacial score (nSPS) is 17.1. The molecule has 2 aromatic carbocycles. The molecule has 0 spiro atoms. The zero-order valence-electron chi connectivity index (χ0n) is 13.0. The van der Waals surface area contributed by atoms with Crippen molar-refractivity contribution in [2.24, 2.45) is 0 Å². The first-order valence-electron chi connectivity index (χ1n) is 7.45. The van der Waals surface area contributed by atoms with Gasteiger partial charge in [0.2, 0.25) is 0 Å². The molecule has 0 bridgehead atoms. The van der Waals surface area contributed by atoms with E-state index in [1.54, 1.807) is 19.1 Å². The van der Waals surface area contributed by atoms with Crippen molar-refractivity contribution in [3.63, 3.8) is 0 Å². The molecule has 24 heavy (non-hydrogen) atoms. The van der Waals surface area contributed by atoms with Crippen LogP contribution in [-0.2, 0) is 4.79 Å². The summed E-state index contributed by atoms with van der Waals surface area (Å²) in [5.74, 6) is -0.568. The van der Waals surface area contributed by atoms with Crippen molar-refractivity contribution in [3.8, 4) is 0 Å². The lowest BCUT2D eigenvalue weighted by atomic mass is 9.95. The molecule has 122 valence electrons. The van der Waals surface area contributed by atoms with E-state index in [0.717, 1.165) is 5.56 Å². The van der Waals surface area contributed by atoms with Crippen LogP contribution in [0.2, 0.25) is 0 Å². The molecular weight excluding hydrogens is 325 g/mol. The summed E-state index contributed by atoms with van der Waals surface area (Å²) in [4.78, 5) is 12.8. The topological polar surface area (TPSA) is 53.2 Å². The standard InChI is InChI=1S/C18H16FN3OS/c1-11-15(17(23)21-14-5-3-2-4-6-14)16(22-18(24)20-11)12-7-9-13(19)10-8-12/h2-10,16H,1H3,(H,21,23)(H2,20,22,24). The Morgan fingerprint density at radius 2 is 1.79 bits per heavy atom. The summed E-state index contributed by atoms with van der Waals surface area (Å²) < 4.78 is 13.2. The Morgan fingerprint density at radius 1 is 1.12 bits per heavy atom. The van der Waals surface area contributed by atoms with Crippen molar-refractivity contribution in [1.29, 1.82) is 0 Å². The molecule has 1 atom stereocenters. The van der Waals surface area contributed by atoms with Gasteiger partial charge in [-0.2, -0.15) is 0 Å². The number of anilines is 1. The maximum absolute atomic E-state index is 13.2. The minimum Gasteiger partial charge on any atom is -0.351 e. The van der Waals surface area contributed by atoms with Gasteiger partial charge in [0.15, 0.2) is 5.11 Å². The van der Waals surface area contributed by atoms with Gasteiger partial charge in [-0.25, -0.2) is 4.39 Å². The zero-order valence-corrected chi connectivity index (χ0v) is 13.8. The number of halogens is 1.